The van der Waals surface area contributed by atoms with E-state index >= 15 is 0 Å². The zero-order valence-corrected chi connectivity index (χ0v) is 11.9. The van der Waals surface area contributed by atoms with Gasteiger partial charge in [0.25, 0.3) is 0 Å². The number of aromatic nitrogens is 1. The lowest BCUT2D eigenvalue weighted by atomic mass is 10.1. The van der Waals surface area contributed by atoms with Gasteiger partial charge in [-0.3, -0.25) is 4.57 Å². The fourth-order valence-electron chi connectivity index (χ4n) is 1.89. The third-order valence-electron chi connectivity index (χ3n) is 2.91. The molecule has 0 fully saturated rings. The van der Waals surface area contributed by atoms with Gasteiger partial charge in [-0.25, -0.2) is 4.79 Å². The van der Waals surface area contributed by atoms with E-state index in [1.54, 1.807) is 6.20 Å². The fourth-order valence-corrected chi connectivity index (χ4v) is 2.96. The Kier molecular flexibility index (Phi) is 4.09. The van der Waals surface area contributed by atoms with Crippen LogP contribution in [0.4, 0.5) is 0 Å². The van der Waals surface area contributed by atoms with Gasteiger partial charge in [-0.1, -0.05) is 18.2 Å². The SMILES string of the molecule is COP(=O)(OC)/C(=C/c1c[nH]c2ccccc12)C(=O)O. The summed E-state index contributed by atoms with van der Waals surface area (Å²) in [7, 11) is -1.52. The van der Waals surface area contributed by atoms with Crippen LogP contribution in [-0.2, 0) is 18.4 Å². The standard InChI is InChI=1S/C13H14NO5P/c1-18-20(17,19-2)12(13(15)16)7-9-8-14-11-6-4-3-5-10(9)11/h3-8,14H,1-2H3,(H,15,16)/b12-7+. The molecule has 2 N–H and O–H groups in total. The Labute approximate surface area is 115 Å². The summed E-state index contributed by atoms with van der Waals surface area (Å²) < 4.78 is 21.7. The van der Waals surface area contributed by atoms with Crippen LogP contribution in [0.25, 0.3) is 17.0 Å². The van der Waals surface area contributed by atoms with Gasteiger partial charge in [0.05, 0.1) is 0 Å². The number of H-pyrrole nitrogens is 1. The van der Waals surface area contributed by atoms with Gasteiger partial charge in [-0.2, -0.15) is 0 Å². The van der Waals surface area contributed by atoms with Gasteiger partial charge in [0.15, 0.2) is 0 Å². The predicted molar refractivity (Wildman–Crippen MR) is 75.5 cm³/mol. The average Bonchev–Trinajstić information content (AvgIpc) is 2.87. The number of carboxylic acids is 1. The zero-order valence-electron chi connectivity index (χ0n) is 11.0. The van der Waals surface area contributed by atoms with Crippen LogP contribution in [0, 0.1) is 0 Å². The highest BCUT2D eigenvalue weighted by atomic mass is 31.2. The number of hydrogen-bond acceptors (Lipinski definition) is 4. The van der Waals surface area contributed by atoms with Crippen molar-refractivity contribution in [3.63, 3.8) is 0 Å². The summed E-state index contributed by atoms with van der Waals surface area (Å²) in [4.78, 5) is 14.3. The Morgan fingerprint density at radius 3 is 2.55 bits per heavy atom. The summed E-state index contributed by atoms with van der Waals surface area (Å²) in [5, 5.41) is 9.65. The number of nitrogens with one attached hydrogen (secondary N) is 1. The van der Waals surface area contributed by atoms with E-state index < -0.39 is 18.9 Å². The van der Waals surface area contributed by atoms with Crippen LogP contribution in [0.15, 0.2) is 35.8 Å². The smallest absolute Gasteiger partial charge is 0.368 e. The molecule has 0 spiro atoms. The van der Waals surface area contributed by atoms with Gasteiger partial charge in [0.1, 0.15) is 5.31 Å². The van der Waals surface area contributed by atoms with Crippen molar-refractivity contribution in [3.05, 3.63) is 41.3 Å². The zero-order chi connectivity index (χ0) is 14.8. The van der Waals surface area contributed by atoms with Gasteiger partial charge >= 0.3 is 13.6 Å². The molecule has 0 aliphatic carbocycles. The number of carboxylic acid groups (broad SMARTS) is 1. The Morgan fingerprint density at radius 1 is 1.30 bits per heavy atom. The maximum Gasteiger partial charge on any atom is 0.368 e. The fraction of sp³-hybridized carbons (Fsp3) is 0.154. The Balaban J connectivity index is 2.60. The molecule has 0 saturated carbocycles. The third kappa shape index (κ3) is 2.54. The monoisotopic (exact) mass is 295 g/mol. The molecule has 2 rings (SSSR count). The van der Waals surface area contributed by atoms with Crippen molar-refractivity contribution in [2.24, 2.45) is 0 Å². The van der Waals surface area contributed by atoms with Crippen molar-refractivity contribution < 1.29 is 23.5 Å². The van der Waals surface area contributed by atoms with E-state index in [2.05, 4.69) is 4.98 Å². The molecule has 0 aliphatic rings. The lowest BCUT2D eigenvalue weighted by Gasteiger charge is -2.13. The van der Waals surface area contributed by atoms with Gasteiger partial charge in [0, 0.05) is 36.9 Å². The highest BCUT2D eigenvalue weighted by Gasteiger charge is 2.33. The largest absolute Gasteiger partial charge is 0.477 e. The molecule has 1 aromatic heterocycles. The summed E-state index contributed by atoms with van der Waals surface area (Å²) in [5.41, 5.74) is 1.46. The number of para-hydroxylation sites is 1. The number of rotatable bonds is 5. The molecule has 6 nitrogen and oxygen atoms in total. The second kappa shape index (κ2) is 5.63. The van der Waals surface area contributed by atoms with Crippen molar-refractivity contribution in [1.29, 1.82) is 0 Å². The first-order chi connectivity index (χ1) is 9.51. The molecule has 0 bridgehead atoms. The highest BCUT2D eigenvalue weighted by molar-refractivity contribution is 7.60. The van der Waals surface area contributed by atoms with Gasteiger partial charge in [-0.05, 0) is 12.1 Å². The van der Waals surface area contributed by atoms with Crippen LogP contribution >= 0.6 is 7.60 Å². The summed E-state index contributed by atoms with van der Waals surface area (Å²) in [6.45, 7) is 0. The number of hydrogen-bond donors (Lipinski definition) is 2. The van der Waals surface area contributed by atoms with Gasteiger partial charge in [0.2, 0.25) is 0 Å². The molecule has 2 aromatic rings. The first kappa shape index (κ1) is 14.5. The minimum Gasteiger partial charge on any atom is -0.477 e. The predicted octanol–water partition coefficient (Wildman–Crippen LogP) is 3.08. The van der Waals surface area contributed by atoms with E-state index in [0.717, 1.165) is 25.1 Å². The molecular weight excluding hydrogens is 281 g/mol. The summed E-state index contributed by atoms with van der Waals surface area (Å²) in [5.74, 6) is -1.35. The maximum absolute atomic E-state index is 12.3. The first-order valence-electron chi connectivity index (χ1n) is 5.75. The average molecular weight is 295 g/mol. The molecule has 7 heteroatoms. The number of carbonyl (C=O) groups is 1. The maximum atomic E-state index is 12.3. The van der Waals surface area contributed by atoms with E-state index in [1.807, 2.05) is 24.3 Å². The lowest BCUT2D eigenvalue weighted by molar-refractivity contribution is -0.131. The molecule has 0 radical (unpaired) electrons. The Morgan fingerprint density at radius 2 is 1.95 bits per heavy atom. The Bertz CT molecular complexity index is 710. The third-order valence-corrected chi connectivity index (χ3v) is 4.78. The molecule has 20 heavy (non-hydrogen) atoms. The summed E-state index contributed by atoms with van der Waals surface area (Å²) >= 11 is 0. The molecule has 0 saturated heterocycles. The van der Waals surface area contributed by atoms with E-state index in [-0.39, 0.29) is 0 Å². The molecule has 0 unspecified atom stereocenters. The van der Waals surface area contributed by atoms with Crippen molar-refractivity contribution in [1.82, 2.24) is 4.98 Å². The van der Waals surface area contributed by atoms with Crippen LogP contribution in [0.1, 0.15) is 5.56 Å². The van der Waals surface area contributed by atoms with Gasteiger partial charge in [-0.15, -0.1) is 0 Å². The van der Waals surface area contributed by atoms with Crippen molar-refractivity contribution in [2.75, 3.05) is 14.2 Å². The molecule has 0 aliphatic heterocycles. The number of aromatic amines is 1. The molecule has 1 heterocycles. The second-order valence-corrected chi connectivity index (χ2v) is 6.19. The Hall–Kier alpha value is -1.88. The first-order valence-corrected chi connectivity index (χ1v) is 7.29. The molecular formula is C13H14NO5P. The van der Waals surface area contributed by atoms with E-state index in [9.17, 15) is 14.5 Å². The number of aliphatic carboxylic acids is 1. The lowest BCUT2D eigenvalue weighted by Crippen LogP contribution is -2.04. The minimum atomic E-state index is -3.82. The van der Waals surface area contributed by atoms with Crippen LogP contribution in [-0.4, -0.2) is 30.3 Å². The topological polar surface area (TPSA) is 88.6 Å². The van der Waals surface area contributed by atoms with Crippen molar-refractivity contribution in [3.8, 4) is 0 Å². The van der Waals surface area contributed by atoms with Crippen molar-refractivity contribution in [2.45, 2.75) is 0 Å². The summed E-state index contributed by atoms with van der Waals surface area (Å²) in [6.07, 6.45) is 2.94. The summed E-state index contributed by atoms with van der Waals surface area (Å²) in [6, 6.07) is 7.39. The van der Waals surface area contributed by atoms with Crippen molar-refractivity contribution >= 4 is 30.5 Å². The highest BCUT2D eigenvalue weighted by Crippen LogP contribution is 2.55. The second-order valence-electron chi connectivity index (χ2n) is 3.99. The van der Waals surface area contributed by atoms with E-state index in [4.69, 9.17) is 9.05 Å². The number of fused-ring (bicyclic) bond motifs is 1. The van der Waals surface area contributed by atoms with Gasteiger partial charge < -0.3 is 19.1 Å². The molecule has 106 valence electrons. The quantitative estimate of drug-likeness (QED) is 0.653. The van der Waals surface area contributed by atoms with Crippen LogP contribution in [0.5, 0.6) is 0 Å². The molecule has 0 amide bonds. The van der Waals surface area contributed by atoms with E-state index in [0.29, 0.717) is 5.56 Å². The van der Waals surface area contributed by atoms with E-state index in [1.165, 1.54) is 6.08 Å². The molecule has 0 atom stereocenters. The molecule has 1 aromatic carbocycles. The van der Waals surface area contributed by atoms with Crippen LogP contribution in [0.2, 0.25) is 0 Å². The van der Waals surface area contributed by atoms with Crippen LogP contribution < -0.4 is 0 Å². The van der Waals surface area contributed by atoms with Crippen LogP contribution in [0.3, 0.4) is 0 Å². The normalized spacial score (nSPS) is 12.8. The number of benzene rings is 1. The minimum absolute atomic E-state index is 0.410.